The van der Waals surface area contributed by atoms with E-state index in [1.807, 2.05) is 4.90 Å². The fourth-order valence-corrected chi connectivity index (χ4v) is 4.07. The van der Waals surface area contributed by atoms with Crippen LogP contribution in [0.1, 0.15) is 5.56 Å². The summed E-state index contributed by atoms with van der Waals surface area (Å²) < 4.78 is 33.2. The fourth-order valence-electron chi connectivity index (χ4n) is 3.99. The molecule has 2 aromatic rings. The molecular formula is C24H25F2N5O3S. The number of nitrogens with zero attached hydrogens (tertiary/aromatic N) is 3. The Bertz CT molecular complexity index is 1140. The van der Waals surface area contributed by atoms with Crippen LogP contribution in [0.4, 0.5) is 25.0 Å². The number of piperazine rings is 1. The highest BCUT2D eigenvalue weighted by Gasteiger charge is 2.33. The van der Waals surface area contributed by atoms with E-state index in [1.54, 1.807) is 35.2 Å². The maximum absolute atomic E-state index is 15.0. The number of anilines is 2. The van der Waals surface area contributed by atoms with Crippen LogP contribution in [-0.4, -0.2) is 67.4 Å². The lowest BCUT2D eigenvalue weighted by atomic mass is 10.2. The predicted molar refractivity (Wildman–Crippen MR) is 133 cm³/mol. The molecule has 2 saturated heterocycles. The summed E-state index contributed by atoms with van der Waals surface area (Å²) in [6.45, 7) is 2.32. The third-order valence-electron chi connectivity index (χ3n) is 5.84. The Balaban J connectivity index is 1.33. The number of cyclic esters (lactones) is 1. The summed E-state index contributed by atoms with van der Waals surface area (Å²) in [5.74, 6) is -0.952. The van der Waals surface area contributed by atoms with Gasteiger partial charge in [-0.15, -0.1) is 0 Å². The number of carbonyl (C=O) groups is 2. The molecule has 0 saturated carbocycles. The van der Waals surface area contributed by atoms with Gasteiger partial charge >= 0.3 is 6.09 Å². The largest absolute Gasteiger partial charge is 0.442 e. The minimum Gasteiger partial charge on any atom is -0.442 e. The van der Waals surface area contributed by atoms with Gasteiger partial charge in [0, 0.05) is 32.3 Å². The molecule has 2 amide bonds. The topological polar surface area (TPSA) is 91.1 Å². The summed E-state index contributed by atoms with van der Waals surface area (Å²) in [7, 11) is 0. The van der Waals surface area contributed by atoms with E-state index in [2.05, 4.69) is 5.32 Å². The van der Waals surface area contributed by atoms with Gasteiger partial charge in [0.15, 0.2) is 5.11 Å². The molecule has 0 bridgehead atoms. The monoisotopic (exact) mass is 501 g/mol. The molecule has 0 aromatic heterocycles. The van der Waals surface area contributed by atoms with Gasteiger partial charge in [0.2, 0.25) is 5.91 Å². The van der Waals surface area contributed by atoms with E-state index in [9.17, 15) is 18.4 Å². The molecule has 2 heterocycles. The van der Waals surface area contributed by atoms with Gasteiger partial charge in [0.05, 0.1) is 24.5 Å². The number of halogens is 2. The van der Waals surface area contributed by atoms with Crippen molar-refractivity contribution in [2.45, 2.75) is 6.10 Å². The van der Waals surface area contributed by atoms with E-state index in [4.69, 9.17) is 22.7 Å². The number of thiocarbonyl (C=S) groups is 1. The molecule has 8 nitrogen and oxygen atoms in total. The summed E-state index contributed by atoms with van der Waals surface area (Å²) in [6.07, 6.45) is 2.08. The normalized spacial score (nSPS) is 18.2. The van der Waals surface area contributed by atoms with Crippen LogP contribution in [0.15, 0.2) is 48.5 Å². The molecule has 35 heavy (non-hydrogen) atoms. The lowest BCUT2D eigenvalue weighted by Crippen LogP contribution is -2.48. The maximum atomic E-state index is 15.0. The van der Waals surface area contributed by atoms with Crippen molar-refractivity contribution >= 4 is 46.8 Å². The number of nitrogens with two attached hydrogens (primary N) is 1. The van der Waals surface area contributed by atoms with Crippen molar-refractivity contribution in [3.63, 3.8) is 0 Å². The first-order valence-electron chi connectivity index (χ1n) is 11.1. The quantitative estimate of drug-likeness (QED) is 0.464. The lowest BCUT2D eigenvalue weighted by molar-refractivity contribution is -0.126. The van der Waals surface area contributed by atoms with Crippen molar-refractivity contribution < 1.29 is 23.1 Å². The highest BCUT2D eigenvalue weighted by atomic mass is 32.1. The van der Waals surface area contributed by atoms with Crippen LogP contribution in [0.3, 0.4) is 0 Å². The minimum atomic E-state index is -0.562. The van der Waals surface area contributed by atoms with Gasteiger partial charge in [-0.1, -0.05) is 12.1 Å². The first kappa shape index (κ1) is 24.4. The summed E-state index contributed by atoms with van der Waals surface area (Å²) in [5, 5.41) is 2.86. The molecule has 184 valence electrons. The number of hydrogen-bond donors (Lipinski definition) is 2. The molecule has 2 aliphatic rings. The number of nitrogens with one attached hydrogen (secondary N) is 1. The standard InChI is InChI=1S/C24H25F2N5O3S/c25-17-4-1-16(2-5-17)3-8-22(32)30-11-9-29(10-12-30)21-7-6-18(13-20(21)26)31-15-19(34-24(31)33)14-28-23(27)35/h1-8,13,19H,9-12,14-15H2,(H3,27,28,35)/t19-/m0/s1. The molecule has 0 spiro atoms. The third kappa shape index (κ3) is 6.04. The molecule has 2 aliphatic heterocycles. The summed E-state index contributed by atoms with van der Waals surface area (Å²) in [6, 6.07) is 10.5. The molecule has 0 aliphatic carbocycles. The second kappa shape index (κ2) is 10.7. The van der Waals surface area contributed by atoms with Crippen LogP contribution >= 0.6 is 12.2 Å². The number of hydrogen-bond acceptors (Lipinski definition) is 5. The first-order valence-corrected chi connectivity index (χ1v) is 11.5. The predicted octanol–water partition coefficient (Wildman–Crippen LogP) is 2.49. The Morgan fingerprint density at radius 2 is 1.86 bits per heavy atom. The number of ether oxygens (including phenoxy) is 1. The second-order valence-corrected chi connectivity index (χ2v) is 8.63. The van der Waals surface area contributed by atoms with Crippen molar-refractivity contribution in [2.24, 2.45) is 5.73 Å². The van der Waals surface area contributed by atoms with E-state index in [0.29, 0.717) is 37.6 Å². The average Bonchev–Trinajstić information content (AvgIpc) is 3.22. The van der Waals surface area contributed by atoms with Crippen LogP contribution in [0.5, 0.6) is 0 Å². The minimum absolute atomic E-state index is 0.112. The Hall–Kier alpha value is -3.73. The maximum Gasteiger partial charge on any atom is 0.414 e. The molecule has 1 atom stereocenters. The van der Waals surface area contributed by atoms with Crippen LogP contribution in [0.25, 0.3) is 6.08 Å². The SMILES string of the molecule is NC(=S)NC[C@H]1CN(c2ccc(N3CCN(C(=O)C=Cc4ccc(F)cc4)CC3)c(F)c2)C(=O)O1. The molecule has 2 aromatic carbocycles. The van der Waals surface area contributed by atoms with E-state index in [-0.39, 0.29) is 29.9 Å². The summed E-state index contributed by atoms with van der Waals surface area (Å²) in [5.41, 5.74) is 6.93. The summed E-state index contributed by atoms with van der Waals surface area (Å²) in [4.78, 5) is 29.6. The Morgan fingerprint density at radius 1 is 1.14 bits per heavy atom. The van der Waals surface area contributed by atoms with Crippen molar-refractivity contribution in [3.05, 3.63) is 65.7 Å². The van der Waals surface area contributed by atoms with Gasteiger partial charge in [-0.25, -0.2) is 13.6 Å². The molecular weight excluding hydrogens is 476 g/mol. The van der Waals surface area contributed by atoms with Crippen molar-refractivity contribution in [1.82, 2.24) is 10.2 Å². The molecule has 11 heteroatoms. The smallest absolute Gasteiger partial charge is 0.414 e. The number of benzene rings is 2. The highest BCUT2D eigenvalue weighted by molar-refractivity contribution is 7.80. The van der Waals surface area contributed by atoms with Crippen molar-refractivity contribution in [3.8, 4) is 0 Å². The summed E-state index contributed by atoms with van der Waals surface area (Å²) >= 11 is 4.76. The van der Waals surface area contributed by atoms with Gasteiger partial charge < -0.3 is 25.6 Å². The zero-order valence-corrected chi connectivity index (χ0v) is 19.6. The van der Waals surface area contributed by atoms with E-state index in [0.717, 1.165) is 5.56 Å². The van der Waals surface area contributed by atoms with E-state index in [1.165, 1.54) is 29.2 Å². The van der Waals surface area contributed by atoms with Gasteiger partial charge in [-0.05, 0) is 54.2 Å². The van der Waals surface area contributed by atoms with E-state index >= 15 is 0 Å². The number of amides is 2. The van der Waals surface area contributed by atoms with Gasteiger partial charge in [0.25, 0.3) is 0 Å². The Kier molecular flexibility index (Phi) is 7.45. The van der Waals surface area contributed by atoms with Crippen LogP contribution in [-0.2, 0) is 9.53 Å². The fraction of sp³-hybridized carbons (Fsp3) is 0.292. The molecule has 2 fully saturated rings. The van der Waals surface area contributed by atoms with Gasteiger partial charge in [0.1, 0.15) is 17.7 Å². The van der Waals surface area contributed by atoms with Crippen molar-refractivity contribution in [1.29, 1.82) is 0 Å². The molecule has 4 rings (SSSR count). The Labute approximate surface area is 206 Å². The average molecular weight is 502 g/mol. The van der Waals surface area contributed by atoms with Crippen LogP contribution in [0.2, 0.25) is 0 Å². The molecule has 3 N–H and O–H groups in total. The highest BCUT2D eigenvalue weighted by Crippen LogP contribution is 2.28. The zero-order valence-electron chi connectivity index (χ0n) is 18.8. The van der Waals surface area contributed by atoms with Crippen LogP contribution in [0, 0.1) is 11.6 Å². The Morgan fingerprint density at radius 3 is 2.51 bits per heavy atom. The molecule has 0 unspecified atom stereocenters. The molecule has 0 radical (unpaired) electrons. The number of rotatable bonds is 6. The van der Waals surface area contributed by atoms with Crippen molar-refractivity contribution in [2.75, 3.05) is 49.1 Å². The first-order chi connectivity index (χ1) is 16.8. The van der Waals surface area contributed by atoms with E-state index < -0.39 is 18.0 Å². The lowest BCUT2D eigenvalue weighted by Gasteiger charge is -2.36. The second-order valence-electron chi connectivity index (χ2n) is 8.19. The number of carbonyl (C=O) groups excluding carboxylic acids is 2. The van der Waals surface area contributed by atoms with Gasteiger partial charge in [-0.3, -0.25) is 9.69 Å². The third-order valence-corrected chi connectivity index (χ3v) is 5.99. The zero-order chi connectivity index (χ0) is 24.9. The van der Waals surface area contributed by atoms with Crippen LogP contribution < -0.4 is 20.9 Å². The van der Waals surface area contributed by atoms with Gasteiger partial charge in [-0.2, -0.15) is 0 Å².